The highest BCUT2D eigenvalue weighted by molar-refractivity contribution is 14.0. The lowest BCUT2D eigenvalue weighted by Crippen LogP contribution is -2.42. The Labute approximate surface area is 153 Å². The molecule has 0 spiro atoms. The number of carbonyl (C=O) groups is 1. The lowest BCUT2D eigenvalue weighted by atomic mass is 10.0. The molecule has 0 aromatic heterocycles. The number of hydrogen-bond donors (Lipinski definition) is 3. The number of carbonyl (C=O) groups excluding carboxylic acids is 1. The van der Waals surface area contributed by atoms with Gasteiger partial charge in [-0.1, -0.05) is 13.8 Å². The fourth-order valence-corrected chi connectivity index (χ4v) is 1.87. The third-order valence-corrected chi connectivity index (χ3v) is 2.96. The summed E-state index contributed by atoms with van der Waals surface area (Å²) in [5.41, 5.74) is 0. The van der Waals surface area contributed by atoms with Gasteiger partial charge in [-0.25, -0.2) is 0 Å². The molecular weight excluding hydrogens is 391 g/mol. The van der Waals surface area contributed by atoms with E-state index in [9.17, 15) is 4.79 Å². The summed E-state index contributed by atoms with van der Waals surface area (Å²) in [6.07, 6.45) is 2.75. The summed E-state index contributed by atoms with van der Waals surface area (Å²) < 4.78 is 0. The second-order valence-electron chi connectivity index (χ2n) is 6.25. The number of guanidine groups is 1. The minimum absolute atomic E-state index is 0. The molecule has 6 heteroatoms. The number of amides is 1. The van der Waals surface area contributed by atoms with Crippen LogP contribution in [0.1, 0.15) is 60.8 Å². The zero-order chi connectivity index (χ0) is 16.3. The molecule has 3 N–H and O–H groups in total. The maximum Gasteiger partial charge on any atom is 0.222 e. The summed E-state index contributed by atoms with van der Waals surface area (Å²) in [6.45, 7) is 13.9. The van der Waals surface area contributed by atoms with Crippen LogP contribution in [-0.4, -0.2) is 37.0 Å². The Morgan fingerprint density at radius 2 is 1.68 bits per heavy atom. The van der Waals surface area contributed by atoms with E-state index in [2.05, 4.69) is 41.7 Å². The van der Waals surface area contributed by atoms with Crippen molar-refractivity contribution >= 4 is 35.8 Å². The lowest BCUT2D eigenvalue weighted by molar-refractivity contribution is -0.121. The largest absolute Gasteiger partial charge is 0.357 e. The van der Waals surface area contributed by atoms with Crippen LogP contribution in [0.25, 0.3) is 0 Å². The molecule has 0 bridgehead atoms. The van der Waals surface area contributed by atoms with E-state index in [1.165, 1.54) is 6.42 Å². The molecule has 0 saturated heterocycles. The Kier molecular flexibility index (Phi) is 15.2. The van der Waals surface area contributed by atoms with Crippen molar-refractivity contribution in [3.63, 3.8) is 0 Å². The van der Waals surface area contributed by atoms with Crippen LogP contribution in [-0.2, 0) is 4.79 Å². The molecule has 5 nitrogen and oxygen atoms in total. The summed E-state index contributed by atoms with van der Waals surface area (Å²) in [4.78, 5) is 16.0. The van der Waals surface area contributed by atoms with Crippen molar-refractivity contribution in [2.75, 3.05) is 13.1 Å². The Balaban J connectivity index is 0. The quantitative estimate of drug-likeness (QED) is 0.302. The van der Waals surface area contributed by atoms with Gasteiger partial charge in [0, 0.05) is 25.0 Å². The van der Waals surface area contributed by atoms with Crippen LogP contribution in [0.5, 0.6) is 0 Å². The van der Waals surface area contributed by atoms with Crippen LogP contribution in [0.3, 0.4) is 0 Å². The van der Waals surface area contributed by atoms with E-state index in [-0.39, 0.29) is 35.9 Å². The SMILES string of the molecule is CCNC(=NCCC(=O)NC(C)C)NC(C)CCC(C)C.I. The molecule has 1 amide bonds. The van der Waals surface area contributed by atoms with Gasteiger partial charge in [0.2, 0.25) is 5.91 Å². The number of nitrogens with zero attached hydrogens (tertiary/aromatic N) is 1. The fraction of sp³-hybridized carbons (Fsp3) is 0.875. The first-order valence-corrected chi connectivity index (χ1v) is 8.19. The van der Waals surface area contributed by atoms with E-state index in [0.717, 1.165) is 18.9 Å². The molecule has 132 valence electrons. The first kappa shape index (κ1) is 23.7. The van der Waals surface area contributed by atoms with Crippen LogP contribution in [0.2, 0.25) is 0 Å². The summed E-state index contributed by atoms with van der Waals surface area (Å²) in [6, 6.07) is 0.568. The first-order chi connectivity index (χ1) is 9.85. The van der Waals surface area contributed by atoms with Gasteiger partial charge in [-0.2, -0.15) is 0 Å². The summed E-state index contributed by atoms with van der Waals surface area (Å²) >= 11 is 0. The highest BCUT2D eigenvalue weighted by atomic mass is 127. The molecule has 0 rings (SSSR count). The summed E-state index contributed by atoms with van der Waals surface area (Å²) in [7, 11) is 0. The molecule has 1 atom stereocenters. The third-order valence-electron chi connectivity index (χ3n) is 2.96. The minimum atomic E-state index is 0. The molecule has 0 heterocycles. The molecule has 0 saturated carbocycles. The van der Waals surface area contributed by atoms with Crippen LogP contribution in [0.15, 0.2) is 4.99 Å². The third kappa shape index (κ3) is 14.4. The molecule has 0 aliphatic carbocycles. The highest BCUT2D eigenvalue weighted by Gasteiger charge is 2.07. The molecule has 0 fully saturated rings. The minimum Gasteiger partial charge on any atom is -0.357 e. The van der Waals surface area contributed by atoms with Crippen LogP contribution in [0, 0.1) is 5.92 Å². The smallest absolute Gasteiger partial charge is 0.222 e. The van der Waals surface area contributed by atoms with Gasteiger partial charge >= 0.3 is 0 Å². The number of aliphatic imine (C=N–C) groups is 1. The monoisotopic (exact) mass is 426 g/mol. The van der Waals surface area contributed by atoms with Gasteiger partial charge in [-0.3, -0.25) is 9.79 Å². The molecule has 0 aliphatic heterocycles. The van der Waals surface area contributed by atoms with Gasteiger partial charge in [0.15, 0.2) is 5.96 Å². The molecule has 0 aromatic rings. The van der Waals surface area contributed by atoms with Gasteiger partial charge in [0.25, 0.3) is 0 Å². The standard InChI is InChI=1S/C16H34N4O.HI/c1-7-17-16(20-14(6)9-8-12(2)3)18-11-10-15(21)19-13(4)5;/h12-14H,7-11H2,1-6H3,(H,19,21)(H2,17,18,20);1H. The van der Waals surface area contributed by atoms with E-state index >= 15 is 0 Å². The predicted molar refractivity (Wildman–Crippen MR) is 106 cm³/mol. The number of hydrogen-bond acceptors (Lipinski definition) is 2. The van der Waals surface area contributed by atoms with Gasteiger partial charge in [-0.15, -0.1) is 24.0 Å². The Bertz CT molecular complexity index is 319. The van der Waals surface area contributed by atoms with Gasteiger partial charge in [0.05, 0.1) is 6.54 Å². The van der Waals surface area contributed by atoms with Crippen molar-refractivity contribution in [1.29, 1.82) is 0 Å². The normalized spacial score (nSPS) is 12.8. The maximum absolute atomic E-state index is 11.6. The van der Waals surface area contributed by atoms with Crippen molar-refractivity contribution < 1.29 is 4.79 Å². The van der Waals surface area contributed by atoms with E-state index in [1.807, 2.05) is 20.8 Å². The van der Waals surface area contributed by atoms with Crippen molar-refractivity contribution in [2.45, 2.75) is 72.9 Å². The van der Waals surface area contributed by atoms with Gasteiger partial charge in [-0.05, 0) is 46.5 Å². The molecule has 0 radical (unpaired) electrons. The van der Waals surface area contributed by atoms with Gasteiger partial charge in [0.1, 0.15) is 0 Å². The van der Waals surface area contributed by atoms with Crippen molar-refractivity contribution in [1.82, 2.24) is 16.0 Å². The van der Waals surface area contributed by atoms with E-state index in [0.29, 0.717) is 24.9 Å². The zero-order valence-electron chi connectivity index (χ0n) is 15.0. The number of halogens is 1. The Morgan fingerprint density at radius 1 is 1.05 bits per heavy atom. The fourth-order valence-electron chi connectivity index (χ4n) is 1.87. The van der Waals surface area contributed by atoms with Crippen molar-refractivity contribution in [3.8, 4) is 0 Å². The summed E-state index contributed by atoms with van der Waals surface area (Å²) in [5, 5.41) is 9.49. The van der Waals surface area contributed by atoms with Crippen molar-refractivity contribution in [2.24, 2.45) is 10.9 Å². The molecule has 0 aliphatic rings. The molecule has 1 unspecified atom stereocenters. The topological polar surface area (TPSA) is 65.5 Å². The highest BCUT2D eigenvalue weighted by Crippen LogP contribution is 2.06. The average Bonchev–Trinajstić information content (AvgIpc) is 2.35. The Hall–Kier alpha value is -0.530. The Morgan fingerprint density at radius 3 is 2.18 bits per heavy atom. The number of rotatable bonds is 9. The van der Waals surface area contributed by atoms with Crippen LogP contribution in [0.4, 0.5) is 0 Å². The first-order valence-electron chi connectivity index (χ1n) is 8.19. The van der Waals surface area contributed by atoms with Crippen LogP contribution >= 0.6 is 24.0 Å². The predicted octanol–water partition coefficient (Wildman–Crippen LogP) is 2.90. The molecule has 0 aromatic carbocycles. The van der Waals surface area contributed by atoms with E-state index < -0.39 is 0 Å². The summed E-state index contributed by atoms with van der Waals surface area (Å²) in [5.74, 6) is 1.57. The maximum atomic E-state index is 11.6. The lowest BCUT2D eigenvalue weighted by Gasteiger charge is -2.18. The number of nitrogens with one attached hydrogen (secondary N) is 3. The van der Waals surface area contributed by atoms with Crippen molar-refractivity contribution in [3.05, 3.63) is 0 Å². The molecule has 22 heavy (non-hydrogen) atoms. The van der Waals surface area contributed by atoms with E-state index in [1.54, 1.807) is 0 Å². The van der Waals surface area contributed by atoms with Crippen LogP contribution < -0.4 is 16.0 Å². The second-order valence-corrected chi connectivity index (χ2v) is 6.25. The second kappa shape index (κ2) is 14.1. The van der Waals surface area contributed by atoms with Gasteiger partial charge < -0.3 is 16.0 Å². The van der Waals surface area contributed by atoms with E-state index in [4.69, 9.17) is 0 Å². The average molecular weight is 426 g/mol. The zero-order valence-corrected chi connectivity index (χ0v) is 17.4. The molecular formula is C16H35IN4O.